The molecule has 0 heterocycles. The summed E-state index contributed by atoms with van der Waals surface area (Å²) in [5, 5.41) is 21.9. The number of carbonyl (C=O) groups excluding carboxylic acids is 2. The number of phosphoric ester groups is 1. The lowest BCUT2D eigenvalue weighted by Gasteiger charge is -2.18. The topological polar surface area (TPSA) is 169 Å². The number of ether oxygens (including phenoxy) is 1. The second kappa shape index (κ2) is 42.6. The molecule has 0 aromatic rings. The highest BCUT2D eigenvalue weighted by Gasteiger charge is 2.28. The van der Waals surface area contributed by atoms with Crippen LogP contribution in [0.5, 0.6) is 0 Å². The van der Waals surface area contributed by atoms with Crippen LogP contribution in [0.1, 0.15) is 226 Å². The van der Waals surface area contributed by atoms with E-state index in [0.29, 0.717) is 12.8 Å². The molecule has 0 spiro atoms. The third-order valence-corrected chi connectivity index (χ3v) is 11.4. The van der Waals surface area contributed by atoms with E-state index in [4.69, 9.17) is 13.8 Å². The standard InChI is InChI=1S/C47H88NO10P/c1-3-5-7-9-11-13-15-17-19-21-23-24-26-28-30-32-34-36-38-45(50)48-44(47(52)53)42-58-59(54,55)57-41-43(49)40-56-46(51)39-37-35-33-31-29-27-25-22-20-18-16-14-12-10-8-6-4-2/h18-21,43-44,49H,3-17,22-42H2,1-2H3,(H,48,50)(H,52,53)(H,54,55)/b20-18-,21-19-. The molecule has 0 saturated heterocycles. The monoisotopic (exact) mass is 858 g/mol. The lowest BCUT2D eigenvalue weighted by atomic mass is 10.1. The molecule has 346 valence electrons. The van der Waals surface area contributed by atoms with Crippen molar-refractivity contribution in [3.63, 3.8) is 0 Å². The molecule has 59 heavy (non-hydrogen) atoms. The summed E-state index contributed by atoms with van der Waals surface area (Å²) in [6, 6.07) is -1.55. The zero-order valence-corrected chi connectivity index (χ0v) is 38.5. The molecule has 0 aromatic heterocycles. The molecule has 0 aliphatic carbocycles. The van der Waals surface area contributed by atoms with Crippen molar-refractivity contribution in [2.45, 2.75) is 238 Å². The van der Waals surface area contributed by atoms with Crippen LogP contribution in [0.3, 0.4) is 0 Å². The molecule has 0 saturated carbocycles. The number of unbranched alkanes of at least 4 members (excludes halogenated alkanes) is 27. The third kappa shape index (κ3) is 42.4. The van der Waals surface area contributed by atoms with E-state index in [2.05, 4.69) is 43.5 Å². The lowest BCUT2D eigenvalue weighted by molar-refractivity contribution is -0.147. The van der Waals surface area contributed by atoms with Gasteiger partial charge in [-0.1, -0.05) is 173 Å². The minimum Gasteiger partial charge on any atom is -0.480 e. The second-order valence-electron chi connectivity index (χ2n) is 16.3. The predicted octanol–water partition coefficient (Wildman–Crippen LogP) is 12.6. The number of rotatable bonds is 45. The van der Waals surface area contributed by atoms with Crippen molar-refractivity contribution in [2.24, 2.45) is 0 Å². The minimum atomic E-state index is -4.76. The van der Waals surface area contributed by atoms with Gasteiger partial charge in [0.15, 0.2) is 6.04 Å². The summed E-state index contributed by atoms with van der Waals surface area (Å²) in [7, 11) is -4.76. The number of carbonyl (C=O) groups is 3. The summed E-state index contributed by atoms with van der Waals surface area (Å²) in [4.78, 5) is 46.0. The maximum Gasteiger partial charge on any atom is 0.472 e. The first-order valence-electron chi connectivity index (χ1n) is 23.9. The van der Waals surface area contributed by atoms with Crippen LogP contribution in [-0.2, 0) is 32.7 Å². The van der Waals surface area contributed by atoms with Crippen LogP contribution in [0.2, 0.25) is 0 Å². The summed E-state index contributed by atoms with van der Waals surface area (Å²) in [5.41, 5.74) is 0. The highest BCUT2D eigenvalue weighted by molar-refractivity contribution is 7.47. The number of amides is 1. The largest absolute Gasteiger partial charge is 0.480 e. The quantitative estimate of drug-likeness (QED) is 0.0200. The van der Waals surface area contributed by atoms with Crippen molar-refractivity contribution in [3.8, 4) is 0 Å². The van der Waals surface area contributed by atoms with E-state index >= 15 is 0 Å². The van der Waals surface area contributed by atoms with Crippen molar-refractivity contribution < 1.29 is 47.8 Å². The Morgan fingerprint density at radius 2 is 0.881 bits per heavy atom. The lowest BCUT2D eigenvalue weighted by Crippen LogP contribution is -2.43. The number of aliphatic hydroxyl groups excluding tert-OH is 1. The maximum absolute atomic E-state index is 12.3. The van der Waals surface area contributed by atoms with Crippen LogP contribution in [-0.4, -0.2) is 64.9 Å². The van der Waals surface area contributed by atoms with Crippen LogP contribution < -0.4 is 5.32 Å². The molecule has 0 rings (SSSR count). The van der Waals surface area contributed by atoms with Gasteiger partial charge in [0.1, 0.15) is 12.7 Å². The maximum atomic E-state index is 12.3. The fourth-order valence-electron chi connectivity index (χ4n) is 6.72. The summed E-state index contributed by atoms with van der Waals surface area (Å²) >= 11 is 0. The smallest absolute Gasteiger partial charge is 0.472 e. The molecular formula is C47H88NO10P. The van der Waals surface area contributed by atoms with Gasteiger partial charge in [-0.15, -0.1) is 0 Å². The van der Waals surface area contributed by atoms with E-state index < -0.39 is 57.6 Å². The van der Waals surface area contributed by atoms with Gasteiger partial charge in [-0.05, 0) is 64.2 Å². The molecule has 11 nitrogen and oxygen atoms in total. The highest BCUT2D eigenvalue weighted by Crippen LogP contribution is 2.43. The molecule has 0 radical (unpaired) electrons. The van der Waals surface area contributed by atoms with Crippen LogP contribution in [0.15, 0.2) is 24.3 Å². The van der Waals surface area contributed by atoms with Crippen LogP contribution in [0, 0.1) is 0 Å². The molecular weight excluding hydrogens is 769 g/mol. The number of hydrogen-bond donors (Lipinski definition) is 4. The van der Waals surface area contributed by atoms with Crippen molar-refractivity contribution in [1.82, 2.24) is 5.32 Å². The van der Waals surface area contributed by atoms with E-state index in [1.807, 2.05) is 0 Å². The molecule has 0 aromatic carbocycles. The Morgan fingerprint density at radius 1 is 0.525 bits per heavy atom. The van der Waals surface area contributed by atoms with Crippen molar-refractivity contribution in [3.05, 3.63) is 24.3 Å². The first kappa shape index (κ1) is 57.0. The normalized spacial score (nSPS) is 13.8. The van der Waals surface area contributed by atoms with Gasteiger partial charge in [0.05, 0.1) is 13.2 Å². The summed E-state index contributed by atoms with van der Waals surface area (Å²) in [6.07, 6.45) is 44.8. The van der Waals surface area contributed by atoms with Gasteiger partial charge in [-0.25, -0.2) is 9.36 Å². The van der Waals surface area contributed by atoms with E-state index in [0.717, 1.165) is 57.8 Å². The first-order valence-corrected chi connectivity index (χ1v) is 25.4. The number of carboxylic acids is 1. The van der Waals surface area contributed by atoms with Gasteiger partial charge in [0.25, 0.3) is 0 Å². The van der Waals surface area contributed by atoms with Crippen molar-refractivity contribution in [2.75, 3.05) is 19.8 Å². The van der Waals surface area contributed by atoms with E-state index in [1.165, 1.54) is 128 Å². The Kier molecular flexibility index (Phi) is 41.2. The molecule has 3 unspecified atom stereocenters. The Morgan fingerprint density at radius 3 is 1.29 bits per heavy atom. The second-order valence-corrected chi connectivity index (χ2v) is 17.7. The minimum absolute atomic E-state index is 0.142. The van der Waals surface area contributed by atoms with Crippen LogP contribution in [0.25, 0.3) is 0 Å². The van der Waals surface area contributed by atoms with Gasteiger partial charge in [0.2, 0.25) is 5.91 Å². The number of allylic oxidation sites excluding steroid dienone is 4. The number of esters is 1. The van der Waals surface area contributed by atoms with Crippen LogP contribution in [0.4, 0.5) is 0 Å². The Bertz CT molecular complexity index is 1100. The highest BCUT2D eigenvalue weighted by atomic mass is 31.2. The van der Waals surface area contributed by atoms with Gasteiger partial charge in [0, 0.05) is 12.8 Å². The number of carboxylic acid groups (broad SMARTS) is 1. The summed E-state index contributed by atoms with van der Waals surface area (Å²) in [5.74, 6) is -2.37. The van der Waals surface area contributed by atoms with Crippen molar-refractivity contribution in [1.29, 1.82) is 0 Å². The van der Waals surface area contributed by atoms with Gasteiger partial charge < -0.3 is 25.2 Å². The average Bonchev–Trinajstić information content (AvgIpc) is 3.21. The van der Waals surface area contributed by atoms with Gasteiger partial charge in [-0.3, -0.25) is 18.6 Å². The molecule has 0 aliphatic heterocycles. The Labute approximate surface area is 359 Å². The molecule has 3 atom stereocenters. The van der Waals surface area contributed by atoms with Gasteiger partial charge in [-0.2, -0.15) is 0 Å². The summed E-state index contributed by atoms with van der Waals surface area (Å²) < 4.78 is 26.9. The number of aliphatic carboxylic acids is 1. The first-order chi connectivity index (χ1) is 28.6. The molecule has 0 aliphatic rings. The molecule has 12 heteroatoms. The Balaban J connectivity index is 3.87. The zero-order chi connectivity index (χ0) is 43.5. The Hall–Kier alpha value is -2.04. The number of phosphoric acid groups is 1. The fraction of sp³-hybridized carbons (Fsp3) is 0.851. The SMILES string of the molecule is CCCCCCCC/C=C\CCCCCCCCCC(=O)OCC(O)COP(=O)(O)OCC(NC(=O)CCCCCCCCC/C=C\CCCCCCCCC)C(=O)O. The number of nitrogens with one attached hydrogen (secondary N) is 1. The zero-order valence-electron chi connectivity index (χ0n) is 37.6. The van der Waals surface area contributed by atoms with Gasteiger partial charge >= 0.3 is 19.8 Å². The number of hydrogen-bond acceptors (Lipinski definition) is 8. The van der Waals surface area contributed by atoms with Crippen molar-refractivity contribution >= 4 is 25.7 Å². The predicted molar refractivity (Wildman–Crippen MR) is 240 cm³/mol. The number of aliphatic hydroxyl groups is 1. The van der Waals surface area contributed by atoms with E-state index in [9.17, 15) is 34.1 Å². The molecule has 0 fully saturated rings. The molecule has 0 bridgehead atoms. The molecule has 1 amide bonds. The van der Waals surface area contributed by atoms with Crippen LogP contribution >= 0.6 is 7.82 Å². The van der Waals surface area contributed by atoms with E-state index in [-0.39, 0.29) is 12.8 Å². The fourth-order valence-corrected chi connectivity index (χ4v) is 7.49. The summed E-state index contributed by atoms with van der Waals surface area (Å²) in [6.45, 7) is 2.60. The average molecular weight is 858 g/mol. The molecule has 4 N–H and O–H groups in total. The third-order valence-electron chi connectivity index (χ3n) is 10.5. The van der Waals surface area contributed by atoms with E-state index in [1.54, 1.807) is 0 Å².